The van der Waals surface area contributed by atoms with Crippen LogP contribution >= 0.6 is 0 Å². The molecule has 7 nitrogen and oxygen atoms in total. The molecule has 7 heteroatoms. The van der Waals surface area contributed by atoms with Crippen molar-refractivity contribution in [1.29, 1.82) is 5.26 Å². The zero-order chi connectivity index (χ0) is 14.5. The molecule has 0 spiro atoms. The Bertz CT molecular complexity index is 672. The highest BCUT2D eigenvalue weighted by atomic mass is 16.6. The molecule has 0 saturated heterocycles. The Hall–Kier alpha value is -2.88. The van der Waals surface area contributed by atoms with Gasteiger partial charge in [-0.3, -0.25) is 10.1 Å². The highest BCUT2D eigenvalue weighted by Crippen LogP contribution is 2.28. The van der Waals surface area contributed by atoms with Crippen molar-refractivity contribution in [3.8, 4) is 6.07 Å². The van der Waals surface area contributed by atoms with Gasteiger partial charge in [0.25, 0.3) is 5.69 Å². The summed E-state index contributed by atoms with van der Waals surface area (Å²) in [6.07, 6.45) is 3.20. The van der Waals surface area contributed by atoms with Gasteiger partial charge in [0.2, 0.25) is 5.82 Å². The van der Waals surface area contributed by atoms with Gasteiger partial charge in [0, 0.05) is 30.6 Å². The number of para-hydroxylation sites is 1. The lowest BCUT2D eigenvalue weighted by atomic mass is 10.1. The normalized spacial score (nSPS) is 10.0. The summed E-state index contributed by atoms with van der Waals surface area (Å²) in [4.78, 5) is 14.6. The molecule has 102 valence electrons. The largest absolute Gasteiger partial charge is 0.379 e. The van der Waals surface area contributed by atoms with Crippen LogP contribution in [0.15, 0.2) is 30.6 Å². The number of benzene rings is 1. The van der Waals surface area contributed by atoms with Crippen LogP contribution in [-0.2, 0) is 6.54 Å². The summed E-state index contributed by atoms with van der Waals surface area (Å²) in [5.41, 5.74) is 1.26. The van der Waals surface area contributed by atoms with E-state index in [1.807, 2.05) is 13.0 Å². The minimum Gasteiger partial charge on any atom is -0.379 e. The summed E-state index contributed by atoms with van der Waals surface area (Å²) in [5.74, 6) is 0.277. The molecule has 1 N–H and O–H groups in total. The highest BCUT2D eigenvalue weighted by Gasteiger charge is 2.17. The molecule has 0 bridgehead atoms. The van der Waals surface area contributed by atoms with Gasteiger partial charge in [0.05, 0.1) is 11.5 Å². The average Bonchev–Trinajstić information content (AvgIpc) is 2.88. The fraction of sp³-hybridized carbons (Fsp3) is 0.231. The van der Waals surface area contributed by atoms with Crippen LogP contribution in [0, 0.1) is 21.4 Å². The van der Waals surface area contributed by atoms with Gasteiger partial charge in [0.15, 0.2) is 0 Å². The number of nitriles is 1. The van der Waals surface area contributed by atoms with Crippen LogP contribution in [-0.4, -0.2) is 21.0 Å². The van der Waals surface area contributed by atoms with Gasteiger partial charge in [-0.2, -0.15) is 5.26 Å². The molecular formula is C13H13N5O2. The fourth-order valence-corrected chi connectivity index (χ4v) is 1.98. The van der Waals surface area contributed by atoms with E-state index in [1.165, 1.54) is 12.3 Å². The van der Waals surface area contributed by atoms with E-state index in [-0.39, 0.29) is 11.5 Å². The Morgan fingerprint density at radius 2 is 2.35 bits per heavy atom. The first-order chi connectivity index (χ1) is 9.67. The molecule has 0 fully saturated rings. The first kappa shape index (κ1) is 13.5. The molecular weight excluding hydrogens is 258 g/mol. The summed E-state index contributed by atoms with van der Waals surface area (Å²) in [5, 5.41) is 23.0. The van der Waals surface area contributed by atoms with Gasteiger partial charge in [0.1, 0.15) is 11.8 Å². The topological polar surface area (TPSA) is 96.8 Å². The van der Waals surface area contributed by atoms with E-state index in [0.29, 0.717) is 18.8 Å². The molecule has 0 amide bonds. The second kappa shape index (κ2) is 5.84. The van der Waals surface area contributed by atoms with Crippen LogP contribution in [0.3, 0.4) is 0 Å². The van der Waals surface area contributed by atoms with Crippen molar-refractivity contribution in [3.05, 3.63) is 52.1 Å². The number of nitro benzene ring substituents is 1. The Morgan fingerprint density at radius 1 is 1.55 bits per heavy atom. The SMILES string of the molecule is CCNc1c(Cn2ccnc2C#N)cccc1[N+](=O)[O-]. The fourth-order valence-electron chi connectivity index (χ4n) is 1.98. The predicted octanol–water partition coefficient (Wildman–Crippen LogP) is 2.14. The molecule has 0 aliphatic carbocycles. The van der Waals surface area contributed by atoms with Gasteiger partial charge < -0.3 is 9.88 Å². The second-order valence-corrected chi connectivity index (χ2v) is 4.09. The van der Waals surface area contributed by atoms with Gasteiger partial charge >= 0.3 is 0 Å². The van der Waals surface area contributed by atoms with Crippen LogP contribution in [0.5, 0.6) is 0 Å². The van der Waals surface area contributed by atoms with E-state index < -0.39 is 4.92 Å². The molecule has 0 unspecified atom stereocenters. The third-order valence-corrected chi connectivity index (χ3v) is 2.84. The summed E-state index contributed by atoms with van der Waals surface area (Å²) in [6.45, 7) is 2.80. The van der Waals surface area contributed by atoms with Gasteiger partial charge in [-0.05, 0) is 6.92 Å². The molecule has 20 heavy (non-hydrogen) atoms. The maximum Gasteiger partial charge on any atom is 0.292 e. The molecule has 1 aromatic heterocycles. The van der Waals surface area contributed by atoms with E-state index in [0.717, 1.165) is 5.56 Å². The van der Waals surface area contributed by atoms with Crippen LogP contribution in [0.2, 0.25) is 0 Å². The van der Waals surface area contributed by atoms with Crippen molar-refractivity contribution in [3.63, 3.8) is 0 Å². The summed E-state index contributed by atoms with van der Waals surface area (Å²) < 4.78 is 1.65. The molecule has 0 radical (unpaired) electrons. The van der Waals surface area contributed by atoms with Crippen molar-refractivity contribution in [2.75, 3.05) is 11.9 Å². The molecule has 0 atom stereocenters. The second-order valence-electron chi connectivity index (χ2n) is 4.09. The Balaban J connectivity index is 2.44. The number of nitrogens with zero attached hydrogens (tertiary/aromatic N) is 4. The minimum atomic E-state index is -0.416. The first-order valence-electron chi connectivity index (χ1n) is 6.08. The van der Waals surface area contributed by atoms with Gasteiger partial charge in [-0.15, -0.1) is 0 Å². The van der Waals surface area contributed by atoms with Crippen molar-refractivity contribution in [2.24, 2.45) is 0 Å². The van der Waals surface area contributed by atoms with Crippen LogP contribution in [0.4, 0.5) is 11.4 Å². The number of anilines is 1. The number of aromatic nitrogens is 2. The molecule has 0 saturated carbocycles. The number of hydrogen-bond donors (Lipinski definition) is 1. The summed E-state index contributed by atoms with van der Waals surface area (Å²) >= 11 is 0. The van der Waals surface area contributed by atoms with Crippen molar-refractivity contribution < 1.29 is 4.92 Å². The summed E-state index contributed by atoms with van der Waals surface area (Å²) in [6, 6.07) is 6.88. The van der Waals surface area contributed by atoms with E-state index >= 15 is 0 Å². The lowest BCUT2D eigenvalue weighted by molar-refractivity contribution is -0.384. The maximum absolute atomic E-state index is 11.1. The van der Waals surface area contributed by atoms with Crippen molar-refractivity contribution >= 4 is 11.4 Å². The Kier molecular flexibility index (Phi) is 3.96. The van der Waals surface area contributed by atoms with Gasteiger partial charge in [-0.1, -0.05) is 12.1 Å². The molecule has 1 aromatic carbocycles. The third kappa shape index (κ3) is 2.59. The van der Waals surface area contributed by atoms with Crippen molar-refractivity contribution in [2.45, 2.75) is 13.5 Å². The smallest absolute Gasteiger partial charge is 0.292 e. The molecule has 2 rings (SSSR count). The highest BCUT2D eigenvalue weighted by molar-refractivity contribution is 5.66. The number of rotatable bonds is 5. The van der Waals surface area contributed by atoms with Gasteiger partial charge in [-0.25, -0.2) is 4.98 Å². The quantitative estimate of drug-likeness (QED) is 0.663. The van der Waals surface area contributed by atoms with Crippen molar-refractivity contribution in [1.82, 2.24) is 9.55 Å². The molecule has 0 aliphatic heterocycles. The van der Waals surface area contributed by atoms with Crippen LogP contribution in [0.1, 0.15) is 18.3 Å². The lowest BCUT2D eigenvalue weighted by Gasteiger charge is -2.12. The van der Waals surface area contributed by atoms with Crippen LogP contribution in [0.25, 0.3) is 0 Å². The van der Waals surface area contributed by atoms with Crippen LogP contribution < -0.4 is 5.32 Å². The van der Waals surface area contributed by atoms with E-state index in [4.69, 9.17) is 5.26 Å². The predicted molar refractivity (Wildman–Crippen MR) is 73.3 cm³/mol. The zero-order valence-corrected chi connectivity index (χ0v) is 10.9. The minimum absolute atomic E-state index is 0.0305. The summed E-state index contributed by atoms with van der Waals surface area (Å²) in [7, 11) is 0. The number of imidazole rings is 1. The Morgan fingerprint density at radius 3 is 3.00 bits per heavy atom. The number of nitro groups is 1. The zero-order valence-electron chi connectivity index (χ0n) is 10.9. The molecule has 1 heterocycles. The monoisotopic (exact) mass is 271 g/mol. The van der Waals surface area contributed by atoms with E-state index in [1.54, 1.807) is 22.9 Å². The number of nitrogens with one attached hydrogen (secondary N) is 1. The first-order valence-corrected chi connectivity index (χ1v) is 6.08. The molecule has 0 aliphatic rings. The number of hydrogen-bond acceptors (Lipinski definition) is 5. The third-order valence-electron chi connectivity index (χ3n) is 2.84. The standard InChI is InChI=1S/C13H13N5O2/c1-2-15-13-10(4-3-5-11(13)18(19)20)9-17-7-6-16-12(17)8-14/h3-7,15H,2,9H2,1H3. The van der Waals surface area contributed by atoms with E-state index in [9.17, 15) is 10.1 Å². The Labute approximate surface area is 115 Å². The van der Waals surface area contributed by atoms with E-state index in [2.05, 4.69) is 10.3 Å². The average molecular weight is 271 g/mol. The maximum atomic E-state index is 11.1. The molecule has 2 aromatic rings. The lowest BCUT2D eigenvalue weighted by Crippen LogP contribution is -2.08.